The molecule has 2 aromatic heterocycles. The summed E-state index contributed by atoms with van der Waals surface area (Å²) in [6, 6.07) is 11.0. The Hall–Kier alpha value is -2.43. The van der Waals surface area contributed by atoms with E-state index in [1.807, 2.05) is 31.2 Å². The zero-order chi connectivity index (χ0) is 20.9. The Balaban J connectivity index is 0.00000136. The van der Waals surface area contributed by atoms with E-state index < -0.39 is 5.97 Å². The number of nitrogens with two attached hydrogens (primary N) is 1. The summed E-state index contributed by atoms with van der Waals surface area (Å²) in [5.74, 6) is -2.11. The number of nitrogens with zero attached hydrogens (tertiary/aromatic N) is 3. The highest BCUT2D eigenvalue weighted by atomic mass is 32.1. The minimum absolute atomic E-state index is 0.0563. The van der Waals surface area contributed by atoms with Gasteiger partial charge < -0.3 is 26.2 Å². The van der Waals surface area contributed by atoms with Gasteiger partial charge in [0.1, 0.15) is 0 Å². The molecule has 2 heterocycles. The summed E-state index contributed by atoms with van der Waals surface area (Å²) in [4.78, 5) is 4.98. The van der Waals surface area contributed by atoms with Crippen molar-refractivity contribution in [2.75, 3.05) is 12.8 Å². The maximum atomic E-state index is 9.02. The van der Waals surface area contributed by atoms with E-state index in [-0.39, 0.29) is 12.3 Å². The first kappa shape index (κ1) is 21.9. The van der Waals surface area contributed by atoms with Crippen LogP contribution in [0.3, 0.4) is 0 Å². The molecule has 0 fully saturated rings. The Bertz CT molecular complexity index is 907. The molecule has 1 atom stereocenters. The lowest BCUT2D eigenvalue weighted by Crippen LogP contribution is -2.29. The summed E-state index contributed by atoms with van der Waals surface area (Å²) in [6.45, 7) is 2.05. The Morgan fingerprint density at radius 2 is 1.86 bits per heavy atom. The van der Waals surface area contributed by atoms with Crippen LogP contribution in [0.2, 0.25) is 0 Å². The molecule has 0 bridgehead atoms. The first-order chi connectivity index (χ1) is 13.2. The average Bonchev–Trinajstić information content (AvgIpc) is 3.14. The van der Waals surface area contributed by atoms with Gasteiger partial charge in [0.15, 0.2) is 5.82 Å². The van der Waals surface area contributed by atoms with Crippen LogP contribution in [-0.2, 0) is 6.42 Å². The van der Waals surface area contributed by atoms with Crippen molar-refractivity contribution in [2.24, 2.45) is 0 Å². The number of hydrogen-bond donors (Lipinski definition) is 6. The van der Waals surface area contributed by atoms with Gasteiger partial charge >= 0.3 is 0 Å². The monoisotopic (exact) mass is 404 g/mol. The van der Waals surface area contributed by atoms with Gasteiger partial charge in [-0.2, -0.15) is 5.10 Å². The molecule has 0 aliphatic rings. The van der Waals surface area contributed by atoms with E-state index in [2.05, 4.69) is 22.7 Å². The highest BCUT2D eigenvalue weighted by molar-refractivity contribution is 7.80. The van der Waals surface area contributed by atoms with E-state index in [0.29, 0.717) is 17.1 Å². The van der Waals surface area contributed by atoms with Crippen LogP contribution in [0.4, 0.5) is 5.69 Å². The van der Waals surface area contributed by atoms with Crippen molar-refractivity contribution in [1.82, 2.24) is 14.8 Å². The maximum Gasteiger partial charge on any atom is 0.279 e. The molecule has 9 heteroatoms. The highest BCUT2D eigenvalue weighted by Gasteiger charge is 2.19. The minimum atomic E-state index is -2.75. The number of benzene rings is 1. The molecule has 0 aliphatic heterocycles. The quantitative estimate of drug-likeness (QED) is 0.212. The number of pyridine rings is 1. The molecule has 0 saturated heterocycles. The number of aliphatic hydroxyl groups excluding tert-OH is 1. The standard InChI is InChI=1S/C18H20N4O3S.CH4O/c1-11(13-3-4-14(19)16(26)8-13)15-6-7-22(21-15)17-5-2-12(10-20-17)9-18(23,24)25;1-2/h2-8,10-11,23-26H,9,19H2,1H3;2H,1H3. The van der Waals surface area contributed by atoms with Gasteiger partial charge in [-0.3, -0.25) is 0 Å². The maximum absolute atomic E-state index is 9.02. The van der Waals surface area contributed by atoms with Crippen molar-refractivity contribution in [3.63, 3.8) is 0 Å². The third-order valence-electron chi connectivity index (χ3n) is 4.09. The summed E-state index contributed by atoms with van der Waals surface area (Å²) >= 11 is 4.36. The second-order valence-corrected chi connectivity index (χ2v) is 6.68. The van der Waals surface area contributed by atoms with Gasteiger partial charge in [0.25, 0.3) is 5.97 Å². The zero-order valence-corrected chi connectivity index (χ0v) is 16.5. The van der Waals surface area contributed by atoms with E-state index in [0.717, 1.165) is 23.3 Å². The fourth-order valence-corrected chi connectivity index (χ4v) is 2.85. The molecule has 0 amide bonds. The van der Waals surface area contributed by atoms with Crippen LogP contribution in [0, 0.1) is 0 Å². The molecular formula is C19H24N4O4S. The van der Waals surface area contributed by atoms with Crippen LogP contribution < -0.4 is 5.73 Å². The molecule has 150 valence electrons. The molecule has 28 heavy (non-hydrogen) atoms. The smallest absolute Gasteiger partial charge is 0.279 e. The van der Waals surface area contributed by atoms with Gasteiger partial charge in [-0.05, 0) is 35.4 Å². The molecule has 1 aromatic carbocycles. The molecule has 0 radical (unpaired) electrons. The van der Waals surface area contributed by atoms with Crippen LogP contribution >= 0.6 is 12.6 Å². The number of nitrogen functional groups attached to an aromatic ring is 1. The SMILES string of the molecule is CC(c1ccc(N)c(S)c1)c1ccn(-c2ccc(CC(O)(O)O)cn2)n1.CO. The molecule has 0 spiro atoms. The predicted molar refractivity (Wildman–Crippen MR) is 108 cm³/mol. The van der Waals surface area contributed by atoms with Gasteiger partial charge in [0.05, 0.1) is 12.1 Å². The van der Waals surface area contributed by atoms with E-state index in [9.17, 15) is 0 Å². The fourth-order valence-electron chi connectivity index (χ4n) is 2.63. The molecule has 6 N–H and O–H groups in total. The lowest BCUT2D eigenvalue weighted by molar-refractivity contribution is -0.309. The highest BCUT2D eigenvalue weighted by Crippen LogP contribution is 2.27. The Kier molecular flexibility index (Phi) is 7.17. The Morgan fingerprint density at radius 1 is 1.14 bits per heavy atom. The first-order valence-corrected chi connectivity index (χ1v) is 8.89. The first-order valence-electron chi connectivity index (χ1n) is 8.44. The molecule has 0 saturated carbocycles. The lowest BCUT2D eigenvalue weighted by atomic mass is 9.98. The largest absolute Gasteiger partial charge is 0.400 e. The van der Waals surface area contributed by atoms with Crippen molar-refractivity contribution in [3.8, 4) is 5.82 Å². The van der Waals surface area contributed by atoms with E-state index in [1.165, 1.54) is 6.20 Å². The number of thiol groups is 1. The van der Waals surface area contributed by atoms with Crippen molar-refractivity contribution >= 4 is 18.3 Å². The van der Waals surface area contributed by atoms with Crippen LogP contribution in [0.25, 0.3) is 5.82 Å². The van der Waals surface area contributed by atoms with Crippen LogP contribution in [0.15, 0.2) is 53.7 Å². The summed E-state index contributed by atoms with van der Waals surface area (Å²) in [5.41, 5.74) is 8.86. The second kappa shape index (κ2) is 9.18. The van der Waals surface area contributed by atoms with Gasteiger partial charge in [0.2, 0.25) is 0 Å². The van der Waals surface area contributed by atoms with Crippen molar-refractivity contribution < 1.29 is 20.4 Å². The topological polar surface area (TPSA) is 138 Å². The molecular weight excluding hydrogens is 380 g/mol. The van der Waals surface area contributed by atoms with E-state index >= 15 is 0 Å². The molecule has 8 nitrogen and oxygen atoms in total. The van der Waals surface area contributed by atoms with E-state index in [4.69, 9.17) is 26.2 Å². The predicted octanol–water partition coefficient (Wildman–Crippen LogP) is 1.07. The van der Waals surface area contributed by atoms with E-state index in [1.54, 1.807) is 23.0 Å². The number of aliphatic hydroxyl groups is 4. The van der Waals surface area contributed by atoms with Crippen molar-refractivity contribution in [1.29, 1.82) is 0 Å². The third-order valence-corrected chi connectivity index (χ3v) is 4.48. The van der Waals surface area contributed by atoms with Crippen LogP contribution in [-0.4, -0.2) is 48.3 Å². The zero-order valence-electron chi connectivity index (χ0n) is 15.6. The van der Waals surface area contributed by atoms with Crippen molar-refractivity contribution in [2.45, 2.75) is 30.1 Å². The van der Waals surface area contributed by atoms with Crippen LogP contribution in [0.5, 0.6) is 0 Å². The molecule has 1 unspecified atom stereocenters. The lowest BCUT2D eigenvalue weighted by Gasteiger charge is -2.13. The minimum Gasteiger partial charge on any atom is -0.400 e. The van der Waals surface area contributed by atoms with Gasteiger partial charge in [-0.1, -0.05) is 19.1 Å². The third kappa shape index (κ3) is 5.54. The number of aromatic nitrogens is 3. The van der Waals surface area contributed by atoms with Gasteiger partial charge in [-0.15, -0.1) is 12.6 Å². The molecule has 3 aromatic rings. The molecule has 0 aliphatic carbocycles. The van der Waals surface area contributed by atoms with Crippen molar-refractivity contribution in [3.05, 3.63) is 65.6 Å². The van der Waals surface area contributed by atoms with Gasteiger partial charge in [0, 0.05) is 36.0 Å². The normalized spacial score (nSPS) is 12.2. The Morgan fingerprint density at radius 3 is 2.43 bits per heavy atom. The fraction of sp³-hybridized carbons (Fsp3) is 0.263. The summed E-state index contributed by atoms with van der Waals surface area (Å²) in [5, 5.41) is 38.6. The average molecular weight is 404 g/mol. The summed E-state index contributed by atoms with van der Waals surface area (Å²) < 4.78 is 1.64. The Labute approximate surface area is 168 Å². The second-order valence-electron chi connectivity index (χ2n) is 6.20. The van der Waals surface area contributed by atoms with Gasteiger partial charge in [-0.25, -0.2) is 9.67 Å². The number of rotatable bonds is 5. The number of hydrogen-bond acceptors (Lipinski definition) is 8. The molecule has 3 rings (SSSR count). The number of anilines is 1. The summed E-state index contributed by atoms with van der Waals surface area (Å²) in [7, 11) is 1.00. The van der Waals surface area contributed by atoms with Crippen LogP contribution in [0.1, 0.15) is 29.7 Å². The summed E-state index contributed by atoms with van der Waals surface area (Å²) in [6.07, 6.45) is 2.94.